The van der Waals surface area contributed by atoms with E-state index in [1.165, 1.54) is 0 Å². The number of nitrogens with zero attached hydrogens (tertiary/aromatic N) is 2. The summed E-state index contributed by atoms with van der Waals surface area (Å²) in [6.07, 6.45) is 1.78. The van der Waals surface area contributed by atoms with Crippen LogP contribution >= 0.6 is 0 Å². The number of carbonyl (C=O) groups excluding carboxylic acids is 1. The molecule has 0 aliphatic carbocycles. The highest BCUT2D eigenvalue weighted by Crippen LogP contribution is 2.22. The zero-order chi connectivity index (χ0) is 13.1. The molecule has 0 spiro atoms. The summed E-state index contributed by atoms with van der Waals surface area (Å²) in [6.45, 7) is 3.87. The number of rotatable bonds is 4. The molecule has 2 rings (SSSR count). The first-order chi connectivity index (χ1) is 8.58. The zero-order valence-electron chi connectivity index (χ0n) is 10.8. The molecule has 0 unspecified atom stereocenters. The lowest BCUT2D eigenvalue weighted by Crippen LogP contribution is -2.11. The lowest BCUT2D eigenvalue weighted by molar-refractivity contribution is 0.102. The van der Waals surface area contributed by atoms with Gasteiger partial charge in [-0.05, 0) is 32.0 Å². The number of hydrogen-bond donors (Lipinski definition) is 0. The van der Waals surface area contributed by atoms with Crippen molar-refractivity contribution in [1.29, 1.82) is 0 Å². The molecule has 94 valence electrons. The lowest BCUT2D eigenvalue weighted by Gasteiger charge is -2.12. The molecule has 4 nitrogen and oxygen atoms in total. The maximum Gasteiger partial charge on any atom is 0.216 e. The van der Waals surface area contributed by atoms with Crippen LogP contribution in [0.15, 0.2) is 36.5 Å². The normalized spacial score (nSPS) is 10.7. The first-order valence-electron chi connectivity index (χ1n) is 5.88. The summed E-state index contributed by atoms with van der Waals surface area (Å²) >= 11 is 0. The van der Waals surface area contributed by atoms with Gasteiger partial charge in [-0.1, -0.05) is 12.1 Å². The average molecular weight is 244 g/mol. The number of ketones is 1. The predicted octanol–water partition coefficient (Wildman–Crippen LogP) is 2.44. The maximum atomic E-state index is 12.3. The van der Waals surface area contributed by atoms with Crippen molar-refractivity contribution < 1.29 is 9.53 Å². The molecule has 1 heterocycles. The monoisotopic (exact) mass is 244 g/mol. The molecule has 0 aliphatic rings. The third-order valence-corrected chi connectivity index (χ3v) is 2.44. The quantitative estimate of drug-likeness (QED) is 0.776. The van der Waals surface area contributed by atoms with Crippen LogP contribution in [0.5, 0.6) is 5.75 Å². The Balaban J connectivity index is 2.35. The third kappa shape index (κ3) is 2.59. The molecule has 1 aromatic heterocycles. The highest BCUT2D eigenvalue weighted by Gasteiger charge is 2.16. The van der Waals surface area contributed by atoms with Crippen molar-refractivity contribution in [1.82, 2.24) is 9.78 Å². The Kier molecular flexibility index (Phi) is 3.46. The topological polar surface area (TPSA) is 44.1 Å². The van der Waals surface area contributed by atoms with E-state index < -0.39 is 0 Å². The Morgan fingerprint density at radius 2 is 2.00 bits per heavy atom. The van der Waals surface area contributed by atoms with Crippen LogP contribution in [0.4, 0.5) is 0 Å². The summed E-state index contributed by atoms with van der Waals surface area (Å²) in [5.74, 6) is 0.481. The Hall–Kier alpha value is -2.10. The van der Waals surface area contributed by atoms with E-state index in [1.54, 1.807) is 36.1 Å². The Morgan fingerprint density at radius 1 is 1.28 bits per heavy atom. The van der Waals surface area contributed by atoms with Crippen molar-refractivity contribution >= 4 is 5.78 Å². The molecule has 0 fully saturated rings. The van der Waals surface area contributed by atoms with Crippen molar-refractivity contribution in [2.24, 2.45) is 7.05 Å². The fourth-order valence-electron chi connectivity index (χ4n) is 1.69. The van der Waals surface area contributed by atoms with Crippen molar-refractivity contribution in [2.45, 2.75) is 20.0 Å². The summed E-state index contributed by atoms with van der Waals surface area (Å²) in [5.41, 5.74) is 0.974. The van der Waals surface area contributed by atoms with E-state index in [2.05, 4.69) is 5.10 Å². The van der Waals surface area contributed by atoms with Gasteiger partial charge in [-0.3, -0.25) is 9.48 Å². The SMILES string of the molecule is CC(C)Oc1ccccc1C(=O)c1ccn(C)n1. The lowest BCUT2D eigenvalue weighted by atomic mass is 10.1. The molecule has 0 bridgehead atoms. The number of hydrogen-bond acceptors (Lipinski definition) is 3. The largest absolute Gasteiger partial charge is 0.490 e. The molecule has 0 aliphatic heterocycles. The van der Waals surface area contributed by atoms with E-state index in [0.29, 0.717) is 17.0 Å². The molecule has 0 radical (unpaired) electrons. The molecule has 0 atom stereocenters. The van der Waals surface area contributed by atoms with Crippen LogP contribution in [0.3, 0.4) is 0 Å². The number of benzene rings is 1. The molecule has 0 saturated carbocycles. The highest BCUT2D eigenvalue weighted by molar-refractivity contribution is 6.09. The number of ether oxygens (including phenoxy) is 1. The molecule has 18 heavy (non-hydrogen) atoms. The first kappa shape index (κ1) is 12.4. The fourth-order valence-corrected chi connectivity index (χ4v) is 1.69. The van der Waals surface area contributed by atoms with Crippen molar-refractivity contribution in [3.05, 3.63) is 47.8 Å². The van der Waals surface area contributed by atoms with E-state index in [9.17, 15) is 4.79 Å². The molecule has 2 aromatic rings. The fraction of sp³-hybridized carbons (Fsp3) is 0.286. The second kappa shape index (κ2) is 5.04. The minimum Gasteiger partial charge on any atom is -0.490 e. The minimum atomic E-state index is -0.119. The van der Waals surface area contributed by atoms with Gasteiger partial charge in [-0.15, -0.1) is 0 Å². The van der Waals surface area contributed by atoms with Gasteiger partial charge in [0.25, 0.3) is 0 Å². The standard InChI is InChI=1S/C14H16N2O2/c1-10(2)18-13-7-5-4-6-11(13)14(17)12-8-9-16(3)15-12/h4-10H,1-3H3. The van der Waals surface area contributed by atoms with Crippen molar-refractivity contribution in [3.8, 4) is 5.75 Å². The van der Waals surface area contributed by atoms with E-state index in [1.807, 2.05) is 26.0 Å². The molecule has 0 amide bonds. The summed E-state index contributed by atoms with van der Waals surface area (Å²) in [6, 6.07) is 8.94. The molecule has 0 N–H and O–H groups in total. The van der Waals surface area contributed by atoms with Gasteiger partial charge in [0.2, 0.25) is 5.78 Å². The van der Waals surface area contributed by atoms with Crippen LogP contribution in [-0.4, -0.2) is 21.7 Å². The second-order valence-corrected chi connectivity index (χ2v) is 4.37. The van der Waals surface area contributed by atoms with Gasteiger partial charge >= 0.3 is 0 Å². The Labute approximate surface area is 106 Å². The van der Waals surface area contributed by atoms with Gasteiger partial charge in [0.15, 0.2) is 0 Å². The average Bonchev–Trinajstić information content (AvgIpc) is 2.75. The molecular formula is C14H16N2O2. The second-order valence-electron chi connectivity index (χ2n) is 4.37. The zero-order valence-corrected chi connectivity index (χ0v) is 10.8. The molecule has 1 aromatic carbocycles. The van der Waals surface area contributed by atoms with Crippen molar-refractivity contribution in [3.63, 3.8) is 0 Å². The van der Waals surface area contributed by atoms with E-state index in [-0.39, 0.29) is 11.9 Å². The van der Waals surface area contributed by atoms with Gasteiger partial charge in [-0.25, -0.2) is 0 Å². The van der Waals surface area contributed by atoms with Gasteiger partial charge in [0.05, 0.1) is 11.7 Å². The van der Waals surface area contributed by atoms with E-state index >= 15 is 0 Å². The Bertz CT molecular complexity index is 558. The number of aromatic nitrogens is 2. The van der Waals surface area contributed by atoms with Gasteiger partial charge in [0, 0.05) is 13.2 Å². The maximum absolute atomic E-state index is 12.3. The summed E-state index contributed by atoms with van der Waals surface area (Å²) in [7, 11) is 1.79. The summed E-state index contributed by atoms with van der Waals surface area (Å²) in [4.78, 5) is 12.3. The number of carbonyl (C=O) groups is 1. The van der Waals surface area contributed by atoms with Crippen LogP contribution in [0.25, 0.3) is 0 Å². The van der Waals surface area contributed by atoms with E-state index in [0.717, 1.165) is 0 Å². The molecule has 0 saturated heterocycles. The number of para-hydroxylation sites is 1. The Morgan fingerprint density at radius 3 is 2.61 bits per heavy atom. The van der Waals surface area contributed by atoms with Crippen LogP contribution in [0, 0.1) is 0 Å². The summed E-state index contributed by atoms with van der Waals surface area (Å²) < 4.78 is 7.25. The van der Waals surface area contributed by atoms with E-state index in [4.69, 9.17) is 4.74 Å². The highest BCUT2D eigenvalue weighted by atomic mass is 16.5. The smallest absolute Gasteiger partial charge is 0.216 e. The van der Waals surface area contributed by atoms with Crippen LogP contribution in [0.1, 0.15) is 29.9 Å². The van der Waals surface area contributed by atoms with Crippen LogP contribution in [-0.2, 0) is 7.05 Å². The first-order valence-corrected chi connectivity index (χ1v) is 5.88. The number of aryl methyl sites for hydroxylation is 1. The third-order valence-electron chi connectivity index (χ3n) is 2.44. The van der Waals surface area contributed by atoms with Gasteiger partial charge in [0.1, 0.15) is 11.4 Å². The molecule has 4 heteroatoms. The van der Waals surface area contributed by atoms with Crippen LogP contribution < -0.4 is 4.74 Å². The van der Waals surface area contributed by atoms with Crippen LogP contribution in [0.2, 0.25) is 0 Å². The predicted molar refractivity (Wildman–Crippen MR) is 68.8 cm³/mol. The minimum absolute atomic E-state index is 0.0303. The van der Waals surface area contributed by atoms with Crippen molar-refractivity contribution in [2.75, 3.05) is 0 Å². The molecular weight excluding hydrogens is 228 g/mol. The summed E-state index contributed by atoms with van der Waals surface area (Å²) in [5, 5.41) is 4.12. The van der Waals surface area contributed by atoms with Gasteiger partial charge < -0.3 is 4.74 Å². The van der Waals surface area contributed by atoms with Gasteiger partial charge in [-0.2, -0.15) is 5.10 Å².